The largest absolute Gasteiger partial charge is 0.354 e. The minimum absolute atomic E-state index is 0.000172. The van der Waals surface area contributed by atoms with Crippen LogP contribution in [0.2, 0.25) is 0 Å². The van der Waals surface area contributed by atoms with E-state index >= 15 is 0 Å². The van der Waals surface area contributed by atoms with Gasteiger partial charge < -0.3 is 15.5 Å². The quantitative estimate of drug-likeness (QED) is 0.822. The molecule has 0 aromatic heterocycles. The van der Waals surface area contributed by atoms with Crippen LogP contribution in [0.5, 0.6) is 0 Å². The fourth-order valence-corrected chi connectivity index (χ4v) is 4.14. The number of hydrogen-bond acceptors (Lipinski definition) is 3. The average Bonchev–Trinajstić information content (AvgIpc) is 3.25. The van der Waals surface area contributed by atoms with E-state index in [1.165, 1.54) is 12.8 Å². The van der Waals surface area contributed by atoms with Gasteiger partial charge in [-0.25, -0.2) is 0 Å². The second-order valence-electron chi connectivity index (χ2n) is 7.17. The van der Waals surface area contributed by atoms with Crippen molar-refractivity contribution in [2.24, 2.45) is 11.8 Å². The zero-order valence-electron chi connectivity index (χ0n) is 13.5. The van der Waals surface area contributed by atoms with E-state index in [1.807, 2.05) is 0 Å². The maximum absolute atomic E-state index is 12.5. The molecule has 0 unspecified atom stereocenters. The number of piperidine rings is 1. The second-order valence-corrected chi connectivity index (χ2v) is 7.17. The normalized spacial score (nSPS) is 29.7. The summed E-state index contributed by atoms with van der Waals surface area (Å²) in [5, 5.41) is 6.32. The van der Waals surface area contributed by atoms with Crippen LogP contribution >= 0.6 is 0 Å². The Kier molecular flexibility index (Phi) is 5.34. The summed E-state index contributed by atoms with van der Waals surface area (Å²) < 4.78 is 0. The number of likely N-dealkylation sites (tertiary alicyclic amines) is 1. The highest BCUT2D eigenvalue weighted by atomic mass is 16.2. The van der Waals surface area contributed by atoms with Crippen molar-refractivity contribution in [1.82, 2.24) is 15.5 Å². The standard InChI is InChI=1S/C17H29N3O2/c21-16(15-8-3-9-18-15)19-11-13-5-4-10-20(12-13)17(22)14-6-1-2-7-14/h13-15,18H,1-12H2,(H,19,21)/t13-,15-/m1/s1. The molecule has 5 nitrogen and oxygen atoms in total. The molecule has 124 valence electrons. The zero-order valence-corrected chi connectivity index (χ0v) is 13.5. The molecule has 3 rings (SSSR count). The van der Waals surface area contributed by atoms with E-state index in [9.17, 15) is 9.59 Å². The number of nitrogens with zero attached hydrogens (tertiary/aromatic N) is 1. The molecule has 3 fully saturated rings. The second kappa shape index (κ2) is 7.44. The maximum atomic E-state index is 12.5. The summed E-state index contributed by atoms with van der Waals surface area (Å²) in [6, 6.07) is -0.000172. The van der Waals surface area contributed by atoms with Gasteiger partial charge in [-0.2, -0.15) is 0 Å². The molecule has 3 aliphatic rings. The molecule has 0 spiro atoms. The molecule has 22 heavy (non-hydrogen) atoms. The van der Waals surface area contributed by atoms with Crippen molar-refractivity contribution in [3.8, 4) is 0 Å². The van der Waals surface area contributed by atoms with Crippen molar-refractivity contribution in [2.75, 3.05) is 26.2 Å². The van der Waals surface area contributed by atoms with E-state index in [2.05, 4.69) is 15.5 Å². The molecule has 0 radical (unpaired) electrons. The van der Waals surface area contributed by atoms with Gasteiger partial charge in [-0.05, 0) is 51.0 Å². The Morgan fingerprint density at radius 2 is 1.86 bits per heavy atom. The van der Waals surface area contributed by atoms with Crippen LogP contribution in [-0.4, -0.2) is 48.9 Å². The number of hydrogen-bond donors (Lipinski definition) is 2. The smallest absolute Gasteiger partial charge is 0.237 e. The summed E-state index contributed by atoms with van der Waals surface area (Å²) in [6.07, 6.45) is 8.78. The number of rotatable bonds is 4. The van der Waals surface area contributed by atoms with E-state index in [0.29, 0.717) is 18.4 Å². The van der Waals surface area contributed by atoms with Crippen LogP contribution in [0.3, 0.4) is 0 Å². The van der Waals surface area contributed by atoms with Gasteiger partial charge in [0, 0.05) is 25.6 Å². The van der Waals surface area contributed by atoms with Crippen molar-refractivity contribution in [3.63, 3.8) is 0 Å². The van der Waals surface area contributed by atoms with E-state index in [4.69, 9.17) is 0 Å². The third-order valence-corrected chi connectivity index (χ3v) is 5.48. The van der Waals surface area contributed by atoms with E-state index < -0.39 is 0 Å². The maximum Gasteiger partial charge on any atom is 0.237 e. The van der Waals surface area contributed by atoms with Crippen LogP contribution in [0.1, 0.15) is 51.4 Å². The minimum atomic E-state index is -0.000172. The predicted octanol–water partition coefficient (Wildman–Crippen LogP) is 1.28. The first-order valence-corrected chi connectivity index (χ1v) is 9.04. The highest BCUT2D eigenvalue weighted by Crippen LogP contribution is 2.28. The van der Waals surface area contributed by atoms with Crippen molar-refractivity contribution >= 4 is 11.8 Å². The van der Waals surface area contributed by atoms with Gasteiger partial charge in [0.2, 0.25) is 11.8 Å². The van der Waals surface area contributed by atoms with Gasteiger partial charge in [-0.3, -0.25) is 9.59 Å². The summed E-state index contributed by atoms with van der Waals surface area (Å²) in [4.78, 5) is 26.6. The van der Waals surface area contributed by atoms with Crippen LogP contribution in [0.4, 0.5) is 0 Å². The first-order valence-electron chi connectivity index (χ1n) is 9.04. The molecule has 1 aliphatic carbocycles. The molecular formula is C17H29N3O2. The van der Waals surface area contributed by atoms with Crippen molar-refractivity contribution in [3.05, 3.63) is 0 Å². The van der Waals surface area contributed by atoms with Crippen LogP contribution < -0.4 is 10.6 Å². The number of carbonyl (C=O) groups is 2. The van der Waals surface area contributed by atoms with Crippen LogP contribution in [0, 0.1) is 11.8 Å². The van der Waals surface area contributed by atoms with Crippen LogP contribution in [-0.2, 0) is 9.59 Å². The van der Waals surface area contributed by atoms with Crippen LogP contribution in [0.25, 0.3) is 0 Å². The molecule has 2 heterocycles. The van der Waals surface area contributed by atoms with E-state index in [0.717, 1.165) is 58.2 Å². The zero-order chi connectivity index (χ0) is 15.4. The topological polar surface area (TPSA) is 61.4 Å². The molecule has 2 aliphatic heterocycles. The fourth-order valence-electron chi connectivity index (χ4n) is 4.14. The number of carbonyl (C=O) groups excluding carboxylic acids is 2. The van der Waals surface area contributed by atoms with Gasteiger partial charge in [0.05, 0.1) is 6.04 Å². The van der Waals surface area contributed by atoms with Gasteiger partial charge in [-0.1, -0.05) is 12.8 Å². The van der Waals surface area contributed by atoms with Gasteiger partial charge in [0.25, 0.3) is 0 Å². The summed E-state index contributed by atoms with van der Waals surface area (Å²) in [5.74, 6) is 1.20. The fraction of sp³-hybridized carbons (Fsp3) is 0.882. The summed E-state index contributed by atoms with van der Waals surface area (Å²) in [7, 11) is 0. The summed E-state index contributed by atoms with van der Waals surface area (Å²) >= 11 is 0. The first-order chi connectivity index (χ1) is 10.7. The molecule has 0 aromatic rings. The molecule has 2 N–H and O–H groups in total. The lowest BCUT2D eigenvalue weighted by Crippen LogP contribution is -2.47. The Labute approximate surface area is 133 Å². The Morgan fingerprint density at radius 1 is 1.05 bits per heavy atom. The monoisotopic (exact) mass is 307 g/mol. The minimum Gasteiger partial charge on any atom is -0.354 e. The Bertz CT molecular complexity index is 401. The summed E-state index contributed by atoms with van der Waals surface area (Å²) in [6.45, 7) is 3.40. The highest BCUT2D eigenvalue weighted by molar-refractivity contribution is 5.82. The third kappa shape index (κ3) is 3.80. The molecule has 5 heteroatoms. The molecule has 2 amide bonds. The van der Waals surface area contributed by atoms with E-state index in [1.54, 1.807) is 0 Å². The lowest BCUT2D eigenvalue weighted by molar-refractivity contribution is -0.137. The van der Waals surface area contributed by atoms with Crippen molar-refractivity contribution in [1.29, 1.82) is 0 Å². The third-order valence-electron chi connectivity index (χ3n) is 5.48. The number of nitrogens with one attached hydrogen (secondary N) is 2. The SMILES string of the molecule is O=C(NC[C@H]1CCCN(C(=O)C2CCCC2)C1)[C@H]1CCCN1. The highest BCUT2D eigenvalue weighted by Gasteiger charge is 2.31. The van der Waals surface area contributed by atoms with Crippen LogP contribution in [0.15, 0.2) is 0 Å². The van der Waals surface area contributed by atoms with Crippen molar-refractivity contribution in [2.45, 2.75) is 57.4 Å². The molecule has 2 atom stereocenters. The van der Waals surface area contributed by atoms with Crippen molar-refractivity contribution < 1.29 is 9.59 Å². The summed E-state index contributed by atoms with van der Waals surface area (Å²) in [5.41, 5.74) is 0. The lowest BCUT2D eigenvalue weighted by atomic mass is 9.96. The average molecular weight is 307 g/mol. The van der Waals surface area contributed by atoms with Gasteiger partial charge >= 0.3 is 0 Å². The molecule has 1 saturated carbocycles. The Balaban J connectivity index is 1.43. The lowest BCUT2D eigenvalue weighted by Gasteiger charge is -2.34. The van der Waals surface area contributed by atoms with Gasteiger partial charge in [0.1, 0.15) is 0 Å². The molecule has 0 aromatic carbocycles. The molecular weight excluding hydrogens is 278 g/mol. The predicted molar refractivity (Wildman–Crippen MR) is 85.3 cm³/mol. The molecule has 0 bridgehead atoms. The number of amides is 2. The first kappa shape index (κ1) is 15.8. The van der Waals surface area contributed by atoms with E-state index in [-0.39, 0.29) is 17.9 Å². The van der Waals surface area contributed by atoms with Gasteiger partial charge in [0.15, 0.2) is 0 Å². The Hall–Kier alpha value is -1.10. The van der Waals surface area contributed by atoms with Gasteiger partial charge in [-0.15, -0.1) is 0 Å². The molecule has 2 saturated heterocycles. The Morgan fingerprint density at radius 3 is 2.59 bits per heavy atom.